The van der Waals surface area contributed by atoms with Crippen molar-refractivity contribution in [2.24, 2.45) is 5.92 Å². The van der Waals surface area contributed by atoms with E-state index in [-0.39, 0.29) is 12.1 Å². The Morgan fingerprint density at radius 3 is 2.71 bits per heavy atom. The standard InChI is InChI=1S/C19H31N3O2/c1-15-7-5-6-8-18(15)24-16(2)13-20-19(23)22(4)14-17-9-11-21(3)12-10-17/h5-8,16-17H,9-14H2,1-4H3,(H,20,23)/t16-/m1/s1. The second-order valence-corrected chi connectivity index (χ2v) is 7.01. The van der Waals surface area contributed by atoms with E-state index in [0.29, 0.717) is 12.5 Å². The highest BCUT2D eigenvalue weighted by Gasteiger charge is 2.20. The third-order valence-corrected chi connectivity index (χ3v) is 4.68. The Labute approximate surface area is 146 Å². The van der Waals surface area contributed by atoms with Crippen molar-refractivity contribution in [2.75, 3.05) is 40.3 Å². The van der Waals surface area contributed by atoms with E-state index in [1.165, 1.54) is 12.8 Å². The average molecular weight is 333 g/mol. The quantitative estimate of drug-likeness (QED) is 0.871. The van der Waals surface area contributed by atoms with Crippen molar-refractivity contribution in [3.63, 3.8) is 0 Å². The number of aryl methyl sites for hydroxylation is 1. The minimum Gasteiger partial charge on any atom is -0.489 e. The van der Waals surface area contributed by atoms with Crippen LogP contribution in [0.3, 0.4) is 0 Å². The maximum atomic E-state index is 12.3. The number of urea groups is 1. The van der Waals surface area contributed by atoms with Crippen molar-refractivity contribution in [3.8, 4) is 5.75 Å². The summed E-state index contributed by atoms with van der Waals surface area (Å²) in [4.78, 5) is 16.4. The number of para-hydroxylation sites is 1. The summed E-state index contributed by atoms with van der Waals surface area (Å²) >= 11 is 0. The van der Waals surface area contributed by atoms with Gasteiger partial charge in [0.05, 0.1) is 6.54 Å². The van der Waals surface area contributed by atoms with E-state index < -0.39 is 0 Å². The first-order chi connectivity index (χ1) is 11.5. The van der Waals surface area contributed by atoms with Gasteiger partial charge in [-0.25, -0.2) is 4.79 Å². The van der Waals surface area contributed by atoms with E-state index in [2.05, 4.69) is 17.3 Å². The summed E-state index contributed by atoms with van der Waals surface area (Å²) < 4.78 is 5.90. The van der Waals surface area contributed by atoms with Crippen molar-refractivity contribution in [3.05, 3.63) is 29.8 Å². The van der Waals surface area contributed by atoms with Crippen molar-refractivity contribution in [2.45, 2.75) is 32.8 Å². The first kappa shape index (κ1) is 18.6. The zero-order valence-corrected chi connectivity index (χ0v) is 15.4. The van der Waals surface area contributed by atoms with Crippen LogP contribution in [0.2, 0.25) is 0 Å². The van der Waals surface area contributed by atoms with Gasteiger partial charge in [0.25, 0.3) is 0 Å². The molecule has 1 fully saturated rings. The fourth-order valence-corrected chi connectivity index (χ4v) is 3.03. The molecule has 2 amide bonds. The third-order valence-electron chi connectivity index (χ3n) is 4.68. The maximum Gasteiger partial charge on any atom is 0.317 e. The van der Waals surface area contributed by atoms with E-state index in [1.54, 1.807) is 4.90 Å². The third kappa shape index (κ3) is 5.71. The second kappa shape index (κ2) is 8.92. The van der Waals surface area contributed by atoms with Crippen LogP contribution >= 0.6 is 0 Å². The SMILES string of the molecule is Cc1ccccc1O[C@H](C)CNC(=O)N(C)CC1CCN(C)CC1. The molecule has 2 rings (SSSR count). The van der Waals surface area contributed by atoms with Crippen LogP contribution in [0.25, 0.3) is 0 Å². The lowest BCUT2D eigenvalue weighted by atomic mass is 9.97. The number of piperidine rings is 1. The van der Waals surface area contributed by atoms with Gasteiger partial charge in [0.1, 0.15) is 11.9 Å². The predicted molar refractivity (Wildman–Crippen MR) is 97.5 cm³/mol. The van der Waals surface area contributed by atoms with Crippen molar-refractivity contribution in [1.82, 2.24) is 15.1 Å². The van der Waals surface area contributed by atoms with E-state index in [0.717, 1.165) is 30.9 Å². The Bertz CT molecular complexity index is 527. The molecule has 0 aromatic heterocycles. The smallest absolute Gasteiger partial charge is 0.317 e. The second-order valence-electron chi connectivity index (χ2n) is 7.01. The molecule has 0 unspecified atom stereocenters. The van der Waals surface area contributed by atoms with E-state index in [4.69, 9.17) is 4.74 Å². The largest absolute Gasteiger partial charge is 0.489 e. The molecular weight excluding hydrogens is 302 g/mol. The van der Waals surface area contributed by atoms with E-state index in [1.807, 2.05) is 45.2 Å². The molecule has 1 saturated heterocycles. The Hall–Kier alpha value is -1.75. The van der Waals surface area contributed by atoms with Crippen LogP contribution in [0.5, 0.6) is 5.75 Å². The van der Waals surface area contributed by atoms with Gasteiger partial charge in [-0.2, -0.15) is 0 Å². The van der Waals surface area contributed by atoms with Crippen molar-refractivity contribution >= 4 is 6.03 Å². The molecule has 0 radical (unpaired) electrons. The number of nitrogens with one attached hydrogen (secondary N) is 1. The minimum absolute atomic E-state index is 0.0193. The van der Waals surface area contributed by atoms with Crippen LogP contribution in [-0.2, 0) is 0 Å². The molecule has 5 heteroatoms. The number of hydrogen-bond donors (Lipinski definition) is 1. The molecule has 5 nitrogen and oxygen atoms in total. The van der Waals surface area contributed by atoms with Gasteiger partial charge in [0, 0.05) is 13.6 Å². The highest BCUT2D eigenvalue weighted by molar-refractivity contribution is 5.73. The number of amides is 2. The summed E-state index contributed by atoms with van der Waals surface area (Å²) in [5, 5.41) is 2.97. The fraction of sp³-hybridized carbons (Fsp3) is 0.632. The molecular formula is C19H31N3O2. The minimum atomic E-state index is -0.0632. The van der Waals surface area contributed by atoms with Crippen LogP contribution in [0.15, 0.2) is 24.3 Å². The number of ether oxygens (including phenoxy) is 1. The Balaban J connectivity index is 1.70. The van der Waals surface area contributed by atoms with Gasteiger partial charge >= 0.3 is 6.03 Å². The number of carbonyl (C=O) groups is 1. The molecule has 24 heavy (non-hydrogen) atoms. The molecule has 134 valence electrons. The van der Waals surface area contributed by atoms with Gasteiger partial charge in [-0.1, -0.05) is 18.2 Å². The molecule has 1 aliphatic heterocycles. The normalized spacial score (nSPS) is 17.3. The summed E-state index contributed by atoms with van der Waals surface area (Å²) in [5.41, 5.74) is 1.11. The van der Waals surface area contributed by atoms with Crippen molar-refractivity contribution in [1.29, 1.82) is 0 Å². The van der Waals surface area contributed by atoms with E-state index >= 15 is 0 Å². The fourth-order valence-electron chi connectivity index (χ4n) is 3.03. The molecule has 1 aliphatic rings. The number of hydrogen-bond acceptors (Lipinski definition) is 3. The Morgan fingerprint density at radius 2 is 2.04 bits per heavy atom. The average Bonchev–Trinajstić information content (AvgIpc) is 2.57. The lowest BCUT2D eigenvalue weighted by Gasteiger charge is -2.31. The zero-order valence-electron chi connectivity index (χ0n) is 15.4. The predicted octanol–water partition coefficient (Wildman–Crippen LogP) is 2.75. The van der Waals surface area contributed by atoms with Crippen LogP contribution < -0.4 is 10.1 Å². The molecule has 0 spiro atoms. The zero-order chi connectivity index (χ0) is 17.5. The lowest BCUT2D eigenvalue weighted by Crippen LogP contribution is -2.44. The van der Waals surface area contributed by atoms with Gasteiger partial charge in [0.2, 0.25) is 0 Å². The summed E-state index contributed by atoms with van der Waals surface area (Å²) in [6, 6.07) is 7.92. The molecule has 0 saturated carbocycles. The number of carbonyl (C=O) groups excluding carboxylic acids is 1. The summed E-state index contributed by atoms with van der Waals surface area (Å²) in [7, 11) is 4.03. The molecule has 1 N–H and O–H groups in total. The highest BCUT2D eigenvalue weighted by atomic mass is 16.5. The van der Waals surface area contributed by atoms with Gasteiger partial charge in [0.15, 0.2) is 0 Å². The van der Waals surface area contributed by atoms with Crippen LogP contribution in [0.1, 0.15) is 25.3 Å². The van der Waals surface area contributed by atoms with E-state index in [9.17, 15) is 4.79 Å². The monoisotopic (exact) mass is 333 g/mol. The number of likely N-dealkylation sites (tertiary alicyclic amines) is 1. The Morgan fingerprint density at radius 1 is 1.38 bits per heavy atom. The van der Waals surface area contributed by atoms with Gasteiger partial charge in [-0.15, -0.1) is 0 Å². The number of nitrogens with zero attached hydrogens (tertiary/aromatic N) is 2. The van der Waals surface area contributed by atoms with Crippen molar-refractivity contribution < 1.29 is 9.53 Å². The van der Waals surface area contributed by atoms with Crippen LogP contribution in [-0.4, -0.2) is 62.2 Å². The molecule has 1 aromatic carbocycles. The number of rotatable bonds is 6. The first-order valence-corrected chi connectivity index (χ1v) is 8.85. The van der Waals surface area contributed by atoms with Gasteiger partial charge < -0.3 is 19.9 Å². The molecule has 0 aliphatic carbocycles. The lowest BCUT2D eigenvalue weighted by molar-refractivity contribution is 0.164. The molecule has 0 bridgehead atoms. The number of benzene rings is 1. The van der Waals surface area contributed by atoms with Crippen LogP contribution in [0, 0.1) is 12.8 Å². The molecule has 1 aromatic rings. The summed E-state index contributed by atoms with van der Waals surface area (Å²) in [6.45, 7) is 7.58. The Kier molecular flexibility index (Phi) is 6.91. The highest BCUT2D eigenvalue weighted by Crippen LogP contribution is 2.18. The summed E-state index contributed by atoms with van der Waals surface area (Å²) in [6.07, 6.45) is 2.27. The van der Waals surface area contributed by atoms with Crippen LogP contribution in [0.4, 0.5) is 4.79 Å². The first-order valence-electron chi connectivity index (χ1n) is 8.85. The topological polar surface area (TPSA) is 44.8 Å². The van der Waals surface area contributed by atoms with Gasteiger partial charge in [-0.05, 0) is 64.4 Å². The molecule has 1 atom stereocenters. The van der Waals surface area contributed by atoms with Gasteiger partial charge in [-0.3, -0.25) is 0 Å². The molecule has 1 heterocycles. The summed E-state index contributed by atoms with van der Waals surface area (Å²) in [5.74, 6) is 1.48. The maximum absolute atomic E-state index is 12.3.